The van der Waals surface area contributed by atoms with Crippen LogP contribution < -0.4 is 0 Å². The summed E-state index contributed by atoms with van der Waals surface area (Å²) in [4.78, 5) is 30.5. The van der Waals surface area contributed by atoms with Crippen molar-refractivity contribution in [1.82, 2.24) is 19.6 Å². The summed E-state index contributed by atoms with van der Waals surface area (Å²) in [6, 6.07) is 0. The molecular formula is C15H30N4O3. The molecule has 0 aromatic rings. The molecule has 1 saturated heterocycles. The topological polar surface area (TPSA) is 67.3 Å². The van der Waals surface area contributed by atoms with Crippen LogP contribution in [-0.4, -0.2) is 116 Å². The second-order valence-corrected chi connectivity index (χ2v) is 5.87. The number of hydrogen-bond donors (Lipinski definition) is 1. The molecule has 0 bridgehead atoms. The van der Waals surface area contributed by atoms with E-state index in [1.54, 1.807) is 0 Å². The maximum absolute atomic E-state index is 11.0. The lowest BCUT2D eigenvalue weighted by molar-refractivity contribution is -0.138. The van der Waals surface area contributed by atoms with Crippen LogP contribution in [0, 0.1) is 0 Å². The van der Waals surface area contributed by atoms with Gasteiger partial charge in [0.15, 0.2) is 0 Å². The Morgan fingerprint density at radius 3 is 2.00 bits per heavy atom. The molecule has 1 fully saturated rings. The average Bonchev–Trinajstić information content (AvgIpc) is 2.47. The molecular weight excluding hydrogens is 284 g/mol. The van der Waals surface area contributed by atoms with E-state index in [0.29, 0.717) is 13.1 Å². The Morgan fingerprint density at radius 2 is 1.45 bits per heavy atom. The van der Waals surface area contributed by atoms with Crippen molar-refractivity contribution in [2.24, 2.45) is 0 Å². The summed E-state index contributed by atoms with van der Waals surface area (Å²) in [6.45, 7) is 10.4. The van der Waals surface area contributed by atoms with Crippen molar-refractivity contribution in [3.05, 3.63) is 0 Å². The molecule has 1 aliphatic heterocycles. The number of carbonyl (C=O) groups is 2. The SMILES string of the molecule is CCN1CCN(C)CCN(CC(=O)O)CCN(CC=O)CC1. The lowest BCUT2D eigenvalue weighted by Crippen LogP contribution is -2.46. The number of hydrogen-bond acceptors (Lipinski definition) is 6. The summed E-state index contributed by atoms with van der Waals surface area (Å²) in [6.07, 6.45) is 0.928. The fraction of sp³-hybridized carbons (Fsp3) is 0.867. The zero-order valence-corrected chi connectivity index (χ0v) is 13.9. The molecule has 128 valence electrons. The molecule has 7 nitrogen and oxygen atoms in total. The summed E-state index contributed by atoms with van der Waals surface area (Å²) in [5.41, 5.74) is 0. The van der Waals surface area contributed by atoms with E-state index in [1.165, 1.54) is 0 Å². The normalized spacial score (nSPS) is 21.9. The van der Waals surface area contributed by atoms with Gasteiger partial charge in [-0.3, -0.25) is 14.6 Å². The number of carbonyl (C=O) groups excluding carboxylic acids is 1. The van der Waals surface area contributed by atoms with Crippen LogP contribution in [0.3, 0.4) is 0 Å². The van der Waals surface area contributed by atoms with Gasteiger partial charge in [-0.25, -0.2) is 0 Å². The Morgan fingerprint density at radius 1 is 0.955 bits per heavy atom. The van der Waals surface area contributed by atoms with Crippen molar-refractivity contribution in [1.29, 1.82) is 0 Å². The molecule has 1 rings (SSSR count). The Labute approximate surface area is 133 Å². The molecule has 0 saturated carbocycles. The second-order valence-electron chi connectivity index (χ2n) is 5.87. The van der Waals surface area contributed by atoms with Gasteiger partial charge in [-0.2, -0.15) is 0 Å². The van der Waals surface area contributed by atoms with E-state index in [1.807, 2.05) is 4.90 Å². The van der Waals surface area contributed by atoms with E-state index in [0.717, 1.165) is 58.6 Å². The minimum atomic E-state index is -0.797. The largest absolute Gasteiger partial charge is 0.480 e. The highest BCUT2D eigenvalue weighted by atomic mass is 16.4. The van der Waals surface area contributed by atoms with E-state index in [-0.39, 0.29) is 6.54 Å². The van der Waals surface area contributed by atoms with E-state index < -0.39 is 5.97 Å². The molecule has 0 atom stereocenters. The van der Waals surface area contributed by atoms with E-state index >= 15 is 0 Å². The van der Waals surface area contributed by atoms with Gasteiger partial charge >= 0.3 is 5.97 Å². The van der Waals surface area contributed by atoms with Gasteiger partial charge < -0.3 is 19.7 Å². The third kappa shape index (κ3) is 7.84. The molecule has 22 heavy (non-hydrogen) atoms. The summed E-state index contributed by atoms with van der Waals surface area (Å²) in [5.74, 6) is -0.797. The quantitative estimate of drug-likeness (QED) is 0.662. The summed E-state index contributed by atoms with van der Waals surface area (Å²) >= 11 is 0. The van der Waals surface area contributed by atoms with Gasteiger partial charge in [0.25, 0.3) is 0 Å². The minimum Gasteiger partial charge on any atom is -0.480 e. The first-order valence-electron chi connectivity index (χ1n) is 8.06. The molecule has 0 spiro atoms. The molecule has 7 heteroatoms. The van der Waals surface area contributed by atoms with Crippen LogP contribution in [0.15, 0.2) is 0 Å². The van der Waals surface area contributed by atoms with Gasteiger partial charge in [0.2, 0.25) is 0 Å². The zero-order chi connectivity index (χ0) is 16.4. The monoisotopic (exact) mass is 314 g/mol. The van der Waals surface area contributed by atoms with Crippen LogP contribution in [0.2, 0.25) is 0 Å². The van der Waals surface area contributed by atoms with Crippen molar-refractivity contribution < 1.29 is 14.7 Å². The highest BCUT2D eigenvalue weighted by Gasteiger charge is 2.15. The Bertz CT molecular complexity index is 341. The van der Waals surface area contributed by atoms with Gasteiger partial charge in [-0.15, -0.1) is 0 Å². The Hall–Kier alpha value is -1.02. The molecule has 1 aliphatic rings. The van der Waals surface area contributed by atoms with E-state index in [2.05, 4.69) is 28.7 Å². The first-order valence-corrected chi connectivity index (χ1v) is 8.06. The fourth-order valence-corrected chi connectivity index (χ4v) is 2.59. The first kappa shape index (κ1) is 19.0. The van der Waals surface area contributed by atoms with Crippen LogP contribution in [0.5, 0.6) is 0 Å². The maximum atomic E-state index is 11.0. The molecule has 0 aromatic carbocycles. The average molecular weight is 314 g/mol. The standard InChI is InChI=1S/C15H30N4O3/c1-3-17-6-4-16(2)5-7-19(14-15(21)22)11-10-18(9-8-17)12-13-20/h13H,3-12,14H2,1-2H3,(H,21,22). The van der Waals surface area contributed by atoms with Crippen molar-refractivity contribution in [2.45, 2.75) is 6.92 Å². The van der Waals surface area contributed by atoms with Crippen LogP contribution in [-0.2, 0) is 9.59 Å². The van der Waals surface area contributed by atoms with Crippen molar-refractivity contribution in [3.63, 3.8) is 0 Å². The minimum absolute atomic E-state index is 0.0594. The third-order valence-electron chi connectivity index (χ3n) is 4.20. The van der Waals surface area contributed by atoms with Gasteiger partial charge in [0.1, 0.15) is 6.29 Å². The van der Waals surface area contributed by atoms with E-state index in [9.17, 15) is 9.59 Å². The fourth-order valence-electron chi connectivity index (χ4n) is 2.59. The van der Waals surface area contributed by atoms with Crippen molar-refractivity contribution in [3.8, 4) is 0 Å². The molecule has 0 amide bonds. The lowest BCUT2D eigenvalue weighted by atomic mass is 10.3. The predicted molar refractivity (Wildman–Crippen MR) is 86.2 cm³/mol. The van der Waals surface area contributed by atoms with Gasteiger partial charge in [-0.1, -0.05) is 6.92 Å². The number of aldehydes is 1. The number of rotatable bonds is 5. The van der Waals surface area contributed by atoms with Gasteiger partial charge in [-0.05, 0) is 13.6 Å². The molecule has 0 unspecified atom stereocenters. The summed E-state index contributed by atoms with van der Waals surface area (Å²) in [5, 5.41) is 9.02. The van der Waals surface area contributed by atoms with Crippen molar-refractivity contribution >= 4 is 12.3 Å². The number of aliphatic carboxylic acids is 1. The maximum Gasteiger partial charge on any atom is 0.317 e. The van der Waals surface area contributed by atoms with Crippen LogP contribution in [0.4, 0.5) is 0 Å². The molecule has 0 aromatic heterocycles. The van der Waals surface area contributed by atoms with Gasteiger partial charge in [0, 0.05) is 52.4 Å². The summed E-state index contributed by atoms with van der Waals surface area (Å²) < 4.78 is 0. The molecule has 1 N–H and O–H groups in total. The predicted octanol–water partition coefficient (Wildman–Crippen LogP) is -0.859. The van der Waals surface area contributed by atoms with Crippen LogP contribution >= 0.6 is 0 Å². The number of nitrogens with zero attached hydrogens (tertiary/aromatic N) is 4. The smallest absolute Gasteiger partial charge is 0.317 e. The molecule has 0 aliphatic carbocycles. The summed E-state index contributed by atoms with van der Waals surface area (Å²) in [7, 11) is 2.08. The molecule has 1 heterocycles. The Kier molecular flexibility index (Phi) is 9.22. The number of carboxylic acids is 1. The second kappa shape index (κ2) is 10.7. The van der Waals surface area contributed by atoms with Crippen molar-refractivity contribution in [2.75, 3.05) is 79.0 Å². The van der Waals surface area contributed by atoms with Gasteiger partial charge in [0.05, 0.1) is 13.1 Å². The lowest BCUT2D eigenvalue weighted by Gasteiger charge is -2.31. The third-order valence-corrected chi connectivity index (χ3v) is 4.20. The van der Waals surface area contributed by atoms with Crippen LogP contribution in [0.1, 0.15) is 6.92 Å². The Balaban J connectivity index is 2.65. The van der Waals surface area contributed by atoms with Crippen LogP contribution in [0.25, 0.3) is 0 Å². The highest BCUT2D eigenvalue weighted by molar-refractivity contribution is 5.69. The molecule has 0 radical (unpaired) electrons. The number of likely N-dealkylation sites (N-methyl/N-ethyl adjacent to an activating group) is 2. The number of carboxylic acid groups (broad SMARTS) is 1. The highest BCUT2D eigenvalue weighted by Crippen LogP contribution is 1.99. The first-order chi connectivity index (χ1) is 10.5. The van der Waals surface area contributed by atoms with E-state index in [4.69, 9.17) is 5.11 Å². The zero-order valence-electron chi connectivity index (χ0n) is 13.9.